The van der Waals surface area contributed by atoms with Crippen molar-refractivity contribution in [1.29, 1.82) is 0 Å². The van der Waals surface area contributed by atoms with E-state index in [0.717, 1.165) is 22.4 Å². The number of hydrogen-bond donors (Lipinski definition) is 1. The molecule has 1 amide bonds. The van der Waals surface area contributed by atoms with E-state index in [2.05, 4.69) is 10.5 Å². The number of hydrazone groups is 1. The van der Waals surface area contributed by atoms with Gasteiger partial charge in [-0.2, -0.15) is 5.10 Å². The minimum absolute atomic E-state index is 0.317. The molecule has 0 atom stereocenters. The second kappa shape index (κ2) is 12.1. The maximum atomic E-state index is 12.7. The van der Waals surface area contributed by atoms with E-state index in [0.29, 0.717) is 34.6 Å². The summed E-state index contributed by atoms with van der Waals surface area (Å²) in [6, 6.07) is 29.3. The van der Waals surface area contributed by atoms with E-state index in [1.54, 1.807) is 36.5 Å². The SMILES string of the molecule is O=C(NN=Cc1ccc(OCc2ccc(Cl)cc2)cc1)c1ccccc1OCc1ccc(Cl)cc1. The molecule has 7 heteroatoms. The fourth-order valence-electron chi connectivity index (χ4n) is 3.14. The van der Waals surface area contributed by atoms with Gasteiger partial charge in [-0.15, -0.1) is 0 Å². The summed E-state index contributed by atoms with van der Waals surface area (Å²) in [5.41, 5.74) is 5.73. The molecule has 4 aromatic rings. The zero-order valence-corrected chi connectivity index (χ0v) is 20.2. The van der Waals surface area contributed by atoms with Crippen LogP contribution in [0, 0.1) is 0 Å². The van der Waals surface area contributed by atoms with Crippen LogP contribution >= 0.6 is 23.2 Å². The molecule has 176 valence electrons. The summed E-state index contributed by atoms with van der Waals surface area (Å²) in [6.45, 7) is 0.761. The molecule has 0 bridgehead atoms. The van der Waals surface area contributed by atoms with E-state index < -0.39 is 0 Å². The van der Waals surface area contributed by atoms with Crippen LogP contribution in [-0.4, -0.2) is 12.1 Å². The molecular formula is C28H22Cl2N2O3. The number of benzene rings is 4. The highest BCUT2D eigenvalue weighted by molar-refractivity contribution is 6.30. The van der Waals surface area contributed by atoms with Gasteiger partial charge in [0.05, 0.1) is 11.8 Å². The highest BCUT2D eigenvalue weighted by Crippen LogP contribution is 2.20. The molecule has 0 fully saturated rings. The Hall–Kier alpha value is -3.80. The van der Waals surface area contributed by atoms with Gasteiger partial charge >= 0.3 is 0 Å². The Morgan fingerprint density at radius 2 is 1.31 bits per heavy atom. The number of ether oxygens (including phenoxy) is 2. The van der Waals surface area contributed by atoms with Gasteiger partial charge in [0.1, 0.15) is 24.7 Å². The molecule has 0 aliphatic heterocycles. The molecule has 35 heavy (non-hydrogen) atoms. The van der Waals surface area contributed by atoms with Crippen molar-refractivity contribution >= 4 is 35.3 Å². The summed E-state index contributed by atoms with van der Waals surface area (Å²) in [4.78, 5) is 12.7. The molecule has 0 aliphatic rings. The van der Waals surface area contributed by atoms with Crippen molar-refractivity contribution in [2.75, 3.05) is 0 Å². The normalized spacial score (nSPS) is 10.8. The number of para-hydroxylation sites is 1. The number of amides is 1. The van der Waals surface area contributed by atoms with Gasteiger partial charge in [0, 0.05) is 10.0 Å². The van der Waals surface area contributed by atoms with Gasteiger partial charge in [0.25, 0.3) is 5.91 Å². The zero-order valence-electron chi connectivity index (χ0n) is 18.7. The largest absolute Gasteiger partial charge is 0.489 e. The minimum atomic E-state index is -0.365. The average molecular weight is 505 g/mol. The van der Waals surface area contributed by atoms with Crippen molar-refractivity contribution in [2.24, 2.45) is 5.10 Å². The Bertz CT molecular complexity index is 1290. The first-order valence-electron chi connectivity index (χ1n) is 10.8. The Kier molecular flexibility index (Phi) is 8.39. The zero-order chi connectivity index (χ0) is 24.5. The fraction of sp³-hybridized carbons (Fsp3) is 0.0714. The first-order valence-corrected chi connectivity index (χ1v) is 11.6. The molecular weight excluding hydrogens is 483 g/mol. The predicted octanol–water partition coefficient (Wildman–Crippen LogP) is 6.92. The quantitative estimate of drug-likeness (QED) is 0.199. The van der Waals surface area contributed by atoms with Gasteiger partial charge in [-0.05, 0) is 77.4 Å². The third kappa shape index (κ3) is 7.34. The average Bonchev–Trinajstić information content (AvgIpc) is 2.89. The fourth-order valence-corrected chi connectivity index (χ4v) is 3.40. The number of nitrogens with zero attached hydrogens (tertiary/aromatic N) is 1. The number of halogens is 2. The van der Waals surface area contributed by atoms with Crippen LogP contribution in [0.25, 0.3) is 0 Å². The summed E-state index contributed by atoms with van der Waals surface area (Å²) < 4.78 is 11.6. The summed E-state index contributed by atoms with van der Waals surface area (Å²) in [5.74, 6) is 0.834. The standard InChI is InChI=1S/C28H22Cl2N2O3/c29-23-11-5-21(6-12-23)18-34-25-15-9-20(10-16-25)17-31-32-28(33)26-3-1-2-4-27(26)35-19-22-7-13-24(30)14-8-22/h1-17H,18-19H2,(H,32,33). The number of rotatable bonds is 9. The van der Waals surface area contributed by atoms with Gasteiger partial charge in [-0.25, -0.2) is 5.43 Å². The molecule has 4 rings (SSSR count). The molecule has 0 saturated carbocycles. The molecule has 0 saturated heterocycles. The molecule has 4 aromatic carbocycles. The number of carbonyl (C=O) groups is 1. The Morgan fingerprint density at radius 1 is 0.743 bits per heavy atom. The molecule has 0 unspecified atom stereocenters. The molecule has 1 N–H and O–H groups in total. The van der Waals surface area contributed by atoms with Gasteiger partial charge in [0.2, 0.25) is 0 Å². The van der Waals surface area contributed by atoms with Crippen molar-refractivity contribution in [2.45, 2.75) is 13.2 Å². The van der Waals surface area contributed by atoms with Gasteiger partial charge in [-0.1, -0.05) is 59.6 Å². The van der Waals surface area contributed by atoms with E-state index in [9.17, 15) is 4.79 Å². The van der Waals surface area contributed by atoms with Crippen molar-refractivity contribution in [3.8, 4) is 11.5 Å². The second-order valence-corrected chi connectivity index (χ2v) is 8.47. The summed E-state index contributed by atoms with van der Waals surface area (Å²) in [7, 11) is 0. The third-order valence-corrected chi connectivity index (χ3v) is 5.52. The van der Waals surface area contributed by atoms with E-state index in [1.807, 2.05) is 66.7 Å². The molecule has 5 nitrogen and oxygen atoms in total. The monoisotopic (exact) mass is 504 g/mol. The molecule has 0 heterocycles. The van der Waals surface area contributed by atoms with E-state index in [1.165, 1.54) is 0 Å². The molecule has 0 aromatic heterocycles. The van der Waals surface area contributed by atoms with Gasteiger partial charge in [0.15, 0.2) is 0 Å². The lowest BCUT2D eigenvalue weighted by atomic mass is 10.2. The second-order valence-electron chi connectivity index (χ2n) is 7.59. The number of hydrogen-bond acceptors (Lipinski definition) is 4. The first kappa shape index (κ1) is 24.3. The lowest BCUT2D eigenvalue weighted by molar-refractivity contribution is 0.0950. The number of carbonyl (C=O) groups excluding carboxylic acids is 1. The first-order chi connectivity index (χ1) is 17.1. The summed E-state index contributed by atoms with van der Waals surface area (Å²) in [5, 5.41) is 5.42. The van der Waals surface area contributed by atoms with E-state index >= 15 is 0 Å². The van der Waals surface area contributed by atoms with Crippen LogP contribution in [0.4, 0.5) is 0 Å². The van der Waals surface area contributed by atoms with Crippen molar-refractivity contribution in [3.05, 3.63) is 129 Å². The maximum absolute atomic E-state index is 12.7. The topological polar surface area (TPSA) is 59.9 Å². The van der Waals surface area contributed by atoms with Crippen LogP contribution in [0.2, 0.25) is 10.0 Å². The van der Waals surface area contributed by atoms with Crippen molar-refractivity contribution in [1.82, 2.24) is 5.43 Å². The van der Waals surface area contributed by atoms with Crippen molar-refractivity contribution < 1.29 is 14.3 Å². The van der Waals surface area contributed by atoms with E-state index in [-0.39, 0.29) is 5.91 Å². The van der Waals surface area contributed by atoms with Crippen LogP contribution < -0.4 is 14.9 Å². The third-order valence-electron chi connectivity index (χ3n) is 5.02. The van der Waals surface area contributed by atoms with E-state index in [4.69, 9.17) is 32.7 Å². The maximum Gasteiger partial charge on any atom is 0.275 e. The molecule has 0 spiro atoms. The Morgan fingerprint density at radius 3 is 1.94 bits per heavy atom. The lowest BCUT2D eigenvalue weighted by Crippen LogP contribution is -2.18. The Balaban J connectivity index is 1.30. The van der Waals surface area contributed by atoms with Gasteiger partial charge < -0.3 is 9.47 Å². The minimum Gasteiger partial charge on any atom is -0.489 e. The highest BCUT2D eigenvalue weighted by Gasteiger charge is 2.11. The van der Waals surface area contributed by atoms with Crippen LogP contribution in [0.5, 0.6) is 11.5 Å². The summed E-state index contributed by atoms with van der Waals surface area (Å²) in [6.07, 6.45) is 1.57. The Labute approximate surface area is 213 Å². The van der Waals surface area contributed by atoms with Gasteiger partial charge in [-0.3, -0.25) is 4.79 Å². The molecule has 0 radical (unpaired) electrons. The summed E-state index contributed by atoms with van der Waals surface area (Å²) >= 11 is 11.8. The van der Waals surface area contributed by atoms with Crippen LogP contribution in [0.15, 0.2) is 102 Å². The predicted molar refractivity (Wildman–Crippen MR) is 140 cm³/mol. The smallest absolute Gasteiger partial charge is 0.275 e. The van der Waals surface area contributed by atoms with Crippen LogP contribution in [0.1, 0.15) is 27.0 Å². The highest BCUT2D eigenvalue weighted by atomic mass is 35.5. The lowest BCUT2D eigenvalue weighted by Gasteiger charge is -2.10. The number of nitrogens with one attached hydrogen (secondary N) is 1. The van der Waals surface area contributed by atoms with Crippen LogP contribution in [-0.2, 0) is 13.2 Å². The van der Waals surface area contributed by atoms with Crippen LogP contribution in [0.3, 0.4) is 0 Å². The van der Waals surface area contributed by atoms with Crippen molar-refractivity contribution in [3.63, 3.8) is 0 Å². The molecule has 0 aliphatic carbocycles.